The van der Waals surface area contributed by atoms with Crippen molar-refractivity contribution >= 4 is 11.8 Å². The summed E-state index contributed by atoms with van der Waals surface area (Å²) < 4.78 is 0.410. The van der Waals surface area contributed by atoms with Gasteiger partial charge in [-0.2, -0.15) is 11.8 Å². The number of rotatable bonds is 3. The predicted molar refractivity (Wildman–Crippen MR) is 82.1 cm³/mol. The van der Waals surface area contributed by atoms with E-state index in [1.54, 1.807) is 0 Å². The molecule has 0 amide bonds. The maximum Gasteiger partial charge on any atom is 0.0247 e. The van der Waals surface area contributed by atoms with Gasteiger partial charge >= 0.3 is 0 Å². The first-order valence-electron chi connectivity index (χ1n) is 7.60. The minimum atomic E-state index is 0.410. The van der Waals surface area contributed by atoms with Crippen molar-refractivity contribution in [3.05, 3.63) is 0 Å². The zero-order valence-electron chi connectivity index (χ0n) is 12.3. The maximum absolute atomic E-state index is 6.11. The smallest absolute Gasteiger partial charge is 0.0247 e. The van der Waals surface area contributed by atoms with Crippen molar-refractivity contribution in [1.82, 2.24) is 4.90 Å². The summed E-state index contributed by atoms with van der Waals surface area (Å²) in [6, 6.07) is 0.637. The molecular weight excluding hydrogens is 240 g/mol. The highest BCUT2D eigenvalue weighted by Gasteiger charge is 2.35. The van der Waals surface area contributed by atoms with Crippen LogP contribution in [0.25, 0.3) is 0 Å². The van der Waals surface area contributed by atoms with E-state index in [1.807, 2.05) is 0 Å². The zero-order chi connectivity index (χ0) is 13.2. The molecule has 2 aliphatic rings. The highest BCUT2D eigenvalue weighted by atomic mass is 32.2. The van der Waals surface area contributed by atoms with Crippen LogP contribution in [-0.2, 0) is 0 Å². The minimum absolute atomic E-state index is 0.410. The van der Waals surface area contributed by atoms with Gasteiger partial charge in [0.25, 0.3) is 0 Å². The Labute approximate surface area is 117 Å². The lowest BCUT2D eigenvalue weighted by molar-refractivity contribution is 0.107. The molecule has 1 heterocycles. The second-order valence-electron chi connectivity index (χ2n) is 6.90. The Hall–Kier alpha value is 0.270. The SMILES string of the molecule is CC1CCC(C(CN)N2CCSC(C)(C)C2)CC1. The molecule has 106 valence electrons. The molecular formula is C15H30N2S. The van der Waals surface area contributed by atoms with Crippen molar-refractivity contribution in [3.8, 4) is 0 Å². The number of thioether (sulfide) groups is 1. The molecule has 1 saturated carbocycles. The van der Waals surface area contributed by atoms with Crippen molar-refractivity contribution < 1.29 is 0 Å². The van der Waals surface area contributed by atoms with Crippen LogP contribution in [0.5, 0.6) is 0 Å². The molecule has 1 aliphatic heterocycles. The molecule has 0 aromatic carbocycles. The summed E-state index contributed by atoms with van der Waals surface area (Å²) >= 11 is 2.12. The number of nitrogens with zero attached hydrogens (tertiary/aromatic N) is 1. The molecule has 2 fully saturated rings. The second kappa shape index (κ2) is 6.15. The third kappa shape index (κ3) is 3.64. The molecule has 3 heteroatoms. The number of hydrogen-bond donors (Lipinski definition) is 1. The predicted octanol–water partition coefficient (Wildman–Crippen LogP) is 2.97. The molecule has 2 nitrogen and oxygen atoms in total. The Bertz CT molecular complexity index is 259. The van der Waals surface area contributed by atoms with E-state index in [4.69, 9.17) is 5.73 Å². The van der Waals surface area contributed by atoms with Gasteiger partial charge < -0.3 is 5.73 Å². The molecule has 0 aromatic heterocycles. The molecule has 1 atom stereocenters. The fraction of sp³-hybridized carbons (Fsp3) is 1.00. The van der Waals surface area contributed by atoms with Gasteiger partial charge in [-0.3, -0.25) is 4.90 Å². The molecule has 0 aromatic rings. The molecule has 2 N–H and O–H groups in total. The third-order valence-corrected chi connectivity index (χ3v) is 6.07. The van der Waals surface area contributed by atoms with Crippen LogP contribution >= 0.6 is 11.8 Å². The molecule has 1 unspecified atom stereocenters. The van der Waals surface area contributed by atoms with E-state index >= 15 is 0 Å². The standard InChI is InChI=1S/C15H30N2S/c1-12-4-6-13(7-5-12)14(10-16)17-8-9-18-15(2,3)11-17/h12-14H,4-11,16H2,1-3H3. The van der Waals surface area contributed by atoms with Gasteiger partial charge in [-0.25, -0.2) is 0 Å². The molecule has 18 heavy (non-hydrogen) atoms. The van der Waals surface area contributed by atoms with Crippen molar-refractivity contribution in [1.29, 1.82) is 0 Å². The summed E-state index contributed by atoms with van der Waals surface area (Å²) in [4.78, 5) is 2.69. The summed E-state index contributed by atoms with van der Waals surface area (Å²) in [6.45, 7) is 10.4. The summed E-state index contributed by atoms with van der Waals surface area (Å²) in [5.74, 6) is 3.06. The van der Waals surface area contributed by atoms with E-state index in [0.29, 0.717) is 10.8 Å². The Morgan fingerprint density at radius 1 is 1.28 bits per heavy atom. The Morgan fingerprint density at radius 2 is 1.94 bits per heavy atom. The van der Waals surface area contributed by atoms with Crippen molar-refractivity contribution in [2.24, 2.45) is 17.6 Å². The van der Waals surface area contributed by atoms with E-state index < -0.39 is 0 Å². The first-order valence-corrected chi connectivity index (χ1v) is 8.58. The molecule has 1 aliphatic carbocycles. The van der Waals surface area contributed by atoms with Crippen molar-refractivity contribution in [2.75, 3.05) is 25.4 Å². The quantitative estimate of drug-likeness (QED) is 0.855. The van der Waals surface area contributed by atoms with Crippen LogP contribution in [0.3, 0.4) is 0 Å². The maximum atomic E-state index is 6.11. The van der Waals surface area contributed by atoms with Crippen LogP contribution < -0.4 is 5.73 Å². The Kier molecular flexibility index (Phi) is 5.01. The van der Waals surface area contributed by atoms with Gasteiger partial charge in [-0.05, 0) is 38.5 Å². The third-order valence-electron chi connectivity index (χ3n) is 4.77. The van der Waals surface area contributed by atoms with E-state index in [1.165, 1.54) is 44.5 Å². The fourth-order valence-electron chi connectivity index (χ4n) is 3.65. The molecule has 1 saturated heterocycles. The van der Waals surface area contributed by atoms with Gasteiger partial charge in [-0.15, -0.1) is 0 Å². The monoisotopic (exact) mass is 270 g/mol. The van der Waals surface area contributed by atoms with Crippen molar-refractivity contribution in [2.45, 2.75) is 57.2 Å². The summed E-state index contributed by atoms with van der Waals surface area (Å²) in [6.07, 6.45) is 5.61. The Morgan fingerprint density at radius 3 is 2.50 bits per heavy atom. The highest BCUT2D eigenvalue weighted by molar-refractivity contribution is 8.00. The average Bonchev–Trinajstić information content (AvgIpc) is 2.31. The zero-order valence-corrected chi connectivity index (χ0v) is 13.1. The molecule has 0 spiro atoms. The summed E-state index contributed by atoms with van der Waals surface area (Å²) in [5, 5.41) is 0. The normalized spacial score (nSPS) is 35.3. The van der Waals surface area contributed by atoms with Gasteiger partial charge in [0.15, 0.2) is 0 Å². The first-order chi connectivity index (χ1) is 8.52. The van der Waals surface area contributed by atoms with Gasteiger partial charge in [0.05, 0.1) is 0 Å². The summed E-state index contributed by atoms with van der Waals surface area (Å²) in [7, 11) is 0. The second-order valence-corrected chi connectivity index (χ2v) is 8.70. The van der Waals surface area contributed by atoms with Crippen LogP contribution in [0.4, 0.5) is 0 Å². The van der Waals surface area contributed by atoms with E-state index in [2.05, 4.69) is 37.4 Å². The topological polar surface area (TPSA) is 29.3 Å². The average molecular weight is 270 g/mol. The summed E-state index contributed by atoms with van der Waals surface area (Å²) in [5.41, 5.74) is 6.11. The lowest BCUT2D eigenvalue weighted by atomic mass is 9.78. The van der Waals surface area contributed by atoms with Gasteiger partial charge in [-0.1, -0.05) is 19.8 Å². The minimum Gasteiger partial charge on any atom is -0.329 e. The fourth-order valence-corrected chi connectivity index (χ4v) is 4.78. The molecule has 0 radical (unpaired) electrons. The number of hydrogen-bond acceptors (Lipinski definition) is 3. The van der Waals surface area contributed by atoms with Crippen LogP contribution in [0.1, 0.15) is 46.5 Å². The van der Waals surface area contributed by atoms with Crippen LogP contribution in [0.15, 0.2) is 0 Å². The van der Waals surface area contributed by atoms with E-state index in [0.717, 1.165) is 18.4 Å². The van der Waals surface area contributed by atoms with Gasteiger partial charge in [0, 0.05) is 36.2 Å². The van der Waals surface area contributed by atoms with Crippen LogP contribution in [0, 0.1) is 11.8 Å². The van der Waals surface area contributed by atoms with Crippen LogP contribution in [-0.4, -0.2) is 41.1 Å². The van der Waals surface area contributed by atoms with Crippen LogP contribution in [0.2, 0.25) is 0 Å². The lowest BCUT2D eigenvalue weighted by Gasteiger charge is -2.45. The molecule has 2 rings (SSSR count). The van der Waals surface area contributed by atoms with Gasteiger partial charge in [0.2, 0.25) is 0 Å². The lowest BCUT2D eigenvalue weighted by Crippen LogP contribution is -2.53. The number of nitrogens with two attached hydrogens (primary N) is 1. The largest absolute Gasteiger partial charge is 0.329 e. The Balaban J connectivity index is 1.95. The molecule has 0 bridgehead atoms. The van der Waals surface area contributed by atoms with Gasteiger partial charge in [0.1, 0.15) is 0 Å². The van der Waals surface area contributed by atoms with E-state index in [-0.39, 0.29) is 0 Å². The van der Waals surface area contributed by atoms with Crippen molar-refractivity contribution in [3.63, 3.8) is 0 Å². The highest BCUT2D eigenvalue weighted by Crippen LogP contribution is 2.36. The van der Waals surface area contributed by atoms with E-state index in [9.17, 15) is 0 Å². The first kappa shape index (κ1) is 14.7.